The van der Waals surface area contributed by atoms with Crippen LogP contribution in [0.5, 0.6) is 0 Å². The summed E-state index contributed by atoms with van der Waals surface area (Å²) in [5.74, 6) is 0.108. The molecule has 0 aliphatic heterocycles. The number of carbonyl (C=O) groups excluding carboxylic acids is 1. The maximum absolute atomic E-state index is 12.8. The maximum Gasteiger partial charge on any atom is 0.194 e. The predicted molar refractivity (Wildman–Crippen MR) is 108 cm³/mol. The van der Waals surface area contributed by atoms with Crippen molar-refractivity contribution in [2.24, 2.45) is 0 Å². The molecule has 0 unspecified atom stereocenters. The van der Waals surface area contributed by atoms with Gasteiger partial charge in [-0.15, -0.1) is 0 Å². The minimum atomic E-state index is 0.108. The third-order valence-corrected chi connectivity index (χ3v) is 5.01. The molecule has 0 saturated heterocycles. The third-order valence-electron chi connectivity index (χ3n) is 5.01. The second kappa shape index (κ2) is 6.10. The van der Waals surface area contributed by atoms with Crippen molar-refractivity contribution in [3.05, 3.63) is 106 Å². The number of carbonyl (C=O) groups is 1. The van der Waals surface area contributed by atoms with Gasteiger partial charge in [0.2, 0.25) is 0 Å². The molecular weight excluding hydrogens is 316 g/mol. The van der Waals surface area contributed by atoms with E-state index in [9.17, 15) is 4.79 Å². The van der Waals surface area contributed by atoms with Crippen LogP contribution < -0.4 is 0 Å². The molecule has 0 aromatic heterocycles. The van der Waals surface area contributed by atoms with Crippen LogP contribution in [-0.2, 0) is 5.41 Å². The zero-order valence-corrected chi connectivity index (χ0v) is 15.4. The van der Waals surface area contributed by atoms with E-state index in [1.165, 1.54) is 5.56 Å². The van der Waals surface area contributed by atoms with Gasteiger partial charge in [0.05, 0.1) is 0 Å². The number of fused-ring (bicyclic) bond motifs is 2. The van der Waals surface area contributed by atoms with Crippen molar-refractivity contribution in [2.45, 2.75) is 26.2 Å². The Kier molecular flexibility index (Phi) is 3.88. The smallest absolute Gasteiger partial charge is 0.194 e. The standard InChI is InChI=1S/C25H22O/c1-25(2,3)18-14-12-17(13-15-18)16-23-19-8-4-6-10-21(19)24(26)22-11-7-5-9-20(22)23/h4-16H,1-3H3. The monoisotopic (exact) mass is 338 g/mol. The summed E-state index contributed by atoms with van der Waals surface area (Å²) in [7, 11) is 0. The van der Waals surface area contributed by atoms with E-state index in [2.05, 4.69) is 51.1 Å². The van der Waals surface area contributed by atoms with Crippen LogP contribution in [0.4, 0.5) is 0 Å². The van der Waals surface area contributed by atoms with E-state index in [0.29, 0.717) is 0 Å². The summed E-state index contributed by atoms with van der Waals surface area (Å²) in [6, 6.07) is 24.5. The van der Waals surface area contributed by atoms with Crippen molar-refractivity contribution in [3.63, 3.8) is 0 Å². The van der Waals surface area contributed by atoms with E-state index >= 15 is 0 Å². The second-order valence-corrected chi connectivity index (χ2v) is 7.85. The fourth-order valence-corrected chi connectivity index (χ4v) is 3.52. The molecule has 128 valence electrons. The first-order valence-corrected chi connectivity index (χ1v) is 9.01. The lowest BCUT2D eigenvalue weighted by atomic mass is 9.80. The number of ketones is 1. The van der Waals surface area contributed by atoms with Gasteiger partial charge in [-0.05, 0) is 39.3 Å². The van der Waals surface area contributed by atoms with E-state index in [1.807, 2.05) is 48.5 Å². The SMILES string of the molecule is CC(C)(C)c1ccc(C=C2c3ccccc3C(=O)c3ccccc32)cc1. The van der Waals surface area contributed by atoms with Crippen LogP contribution in [0, 0.1) is 0 Å². The van der Waals surface area contributed by atoms with Crippen molar-refractivity contribution in [1.82, 2.24) is 0 Å². The molecule has 0 N–H and O–H groups in total. The molecule has 4 rings (SSSR count). The molecule has 1 heteroatoms. The topological polar surface area (TPSA) is 17.1 Å². The highest BCUT2D eigenvalue weighted by molar-refractivity contribution is 6.20. The van der Waals surface area contributed by atoms with Gasteiger partial charge in [-0.3, -0.25) is 4.79 Å². The largest absolute Gasteiger partial charge is 0.289 e. The van der Waals surface area contributed by atoms with Crippen molar-refractivity contribution in [2.75, 3.05) is 0 Å². The summed E-state index contributed by atoms with van der Waals surface area (Å²) in [6.07, 6.45) is 2.19. The Morgan fingerprint density at radius 3 is 1.58 bits per heavy atom. The first kappa shape index (κ1) is 16.5. The zero-order chi connectivity index (χ0) is 18.3. The summed E-state index contributed by atoms with van der Waals surface area (Å²) >= 11 is 0. The minimum Gasteiger partial charge on any atom is -0.289 e. The van der Waals surface area contributed by atoms with Crippen LogP contribution in [0.3, 0.4) is 0 Å². The minimum absolute atomic E-state index is 0.108. The molecular formula is C25H22O. The number of benzene rings is 3. The Morgan fingerprint density at radius 2 is 1.12 bits per heavy atom. The van der Waals surface area contributed by atoms with Crippen LogP contribution in [0.1, 0.15) is 58.9 Å². The average Bonchev–Trinajstić information content (AvgIpc) is 2.65. The molecule has 26 heavy (non-hydrogen) atoms. The summed E-state index contributed by atoms with van der Waals surface area (Å²) in [5.41, 5.74) is 7.30. The Balaban J connectivity index is 1.88. The highest BCUT2D eigenvalue weighted by Crippen LogP contribution is 2.37. The van der Waals surface area contributed by atoms with Gasteiger partial charge < -0.3 is 0 Å². The summed E-state index contributed by atoms with van der Waals surface area (Å²) in [4.78, 5) is 12.8. The Bertz CT molecular complexity index is 963. The quantitative estimate of drug-likeness (QED) is 0.409. The Labute approximate surface area is 155 Å². The highest BCUT2D eigenvalue weighted by atomic mass is 16.1. The van der Waals surface area contributed by atoms with Gasteiger partial charge in [0.25, 0.3) is 0 Å². The van der Waals surface area contributed by atoms with Crippen molar-refractivity contribution >= 4 is 17.4 Å². The average molecular weight is 338 g/mol. The lowest BCUT2D eigenvalue weighted by Crippen LogP contribution is -2.14. The molecule has 0 radical (unpaired) electrons. The summed E-state index contributed by atoms with van der Waals surface area (Å²) in [5, 5.41) is 0. The van der Waals surface area contributed by atoms with Gasteiger partial charge in [0, 0.05) is 11.1 Å². The fourth-order valence-electron chi connectivity index (χ4n) is 3.52. The van der Waals surface area contributed by atoms with Crippen molar-refractivity contribution in [1.29, 1.82) is 0 Å². The molecule has 1 nitrogen and oxygen atoms in total. The van der Waals surface area contributed by atoms with Gasteiger partial charge >= 0.3 is 0 Å². The molecule has 0 atom stereocenters. The molecule has 0 heterocycles. The van der Waals surface area contributed by atoms with Gasteiger partial charge in [0.1, 0.15) is 0 Å². The molecule has 1 aliphatic carbocycles. The van der Waals surface area contributed by atoms with Crippen LogP contribution in [0.25, 0.3) is 11.6 Å². The predicted octanol–water partition coefficient (Wildman–Crippen LogP) is 6.12. The number of hydrogen-bond donors (Lipinski definition) is 0. The lowest BCUT2D eigenvalue weighted by Gasteiger charge is -2.22. The molecule has 0 spiro atoms. The van der Waals surface area contributed by atoms with Gasteiger partial charge in [-0.25, -0.2) is 0 Å². The number of hydrogen-bond acceptors (Lipinski definition) is 1. The highest BCUT2D eigenvalue weighted by Gasteiger charge is 2.26. The van der Waals surface area contributed by atoms with Gasteiger partial charge in [-0.1, -0.05) is 93.6 Å². The Morgan fingerprint density at radius 1 is 0.654 bits per heavy atom. The van der Waals surface area contributed by atoms with E-state index < -0.39 is 0 Å². The fraction of sp³-hybridized carbons (Fsp3) is 0.160. The number of rotatable bonds is 1. The Hall–Kier alpha value is -2.93. The molecule has 0 fully saturated rings. The third kappa shape index (κ3) is 2.80. The molecule has 3 aromatic carbocycles. The molecule has 0 saturated carbocycles. The normalized spacial score (nSPS) is 13.2. The van der Waals surface area contributed by atoms with Gasteiger partial charge in [-0.2, -0.15) is 0 Å². The molecule has 1 aliphatic rings. The molecule has 0 amide bonds. The van der Waals surface area contributed by atoms with Crippen molar-refractivity contribution in [3.8, 4) is 0 Å². The van der Waals surface area contributed by atoms with E-state index in [0.717, 1.165) is 33.4 Å². The maximum atomic E-state index is 12.8. The van der Waals surface area contributed by atoms with Crippen LogP contribution in [-0.4, -0.2) is 5.78 Å². The van der Waals surface area contributed by atoms with Gasteiger partial charge in [0.15, 0.2) is 5.78 Å². The van der Waals surface area contributed by atoms with Crippen LogP contribution >= 0.6 is 0 Å². The van der Waals surface area contributed by atoms with Crippen LogP contribution in [0.2, 0.25) is 0 Å². The second-order valence-electron chi connectivity index (χ2n) is 7.85. The lowest BCUT2D eigenvalue weighted by molar-refractivity contribution is 0.103. The van der Waals surface area contributed by atoms with Crippen molar-refractivity contribution < 1.29 is 4.79 Å². The first-order valence-electron chi connectivity index (χ1n) is 9.01. The summed E-state index contributed by atoms with van der Waals surface area (Å²) < 4.78 is 0. The van der Waals surface area contributed by atoms with Crippen LogP contribution in [0.15, 0.2) is 72.8 Å². The summed E-state index contributed by atoms with van der Waals surface area (Å²) in [6.45, 7) is 6.67. The first-order chi connectivity index (χ1) is 12.4. The zero-order valence-electron chi connectivity index (χ0n) is 15.4. The molecule has 0 bridgehead atoms. The van der Waals surface area contributed by atoms with E-state index in [4.69, 9.17) is 0 Å². The molecule has 3 aromatic rings. The van der Waals surface area contributed by atoms with E-state index in [-0.39, 0.29) is 11.2 Å². The van der Waals surface area contributed by atoms with E-state index in [1.54, 1.807) is 0 Å².